The second kappa shape index (κ2) is 13.7. The molecule has 192 valence electrons. The maximum atomic E-state index is 13.2. The molecule has 0 aromatic carbocycles. The Morgan fingerprint density at radius 1 is 1.24 bits per heavy atom. The monoisotopic (exact) mass is 482 g/mol. The Bertz CT molecular complexity index is 770. The Balaban J connectivity index is 3.15. The van der Waals surface area contributed by atoms with E-state index in [0.717, 1.165) is 9.80 Å². The molecule has 3 N–H and O–H groups in total. The SMILES string of the molecule is C=CCNC(=O)C(O)C(CCC)NC(=O)C1CN(CC(=O)OCC)C(=O)N1C(=O)C(C)C(C)C. The number of hydrogen-bond acceptors (Lipinski definition) is 7. The lowest BCUT2D eigenvalue weighted by atomic mass is 9.96. The number of rotatable bonds is 13. The Morgan fingerprint density at radius 3 is 2.41 bits per heavy atom. The van der Waals surface area contributed by atoms with Crippen LogP contribution in [0, 0.1) is 11.8 Å². The molecule has 0 bridgehead atoms. The lowest BCUT2D eigenvalue weighted by molar-refractivity contribution is -0.143. The Labute approximate surface area is 200 Å². The van der Waals surface area contributed by atoms with E-state index in [1.165, 1.54) is 6.08 Å². The third kappa shape index (κ3) is 7.54. The van der Waals surface area contributed by atoms with Gasteiger partial charge < -0.3 is 25.4 Å². The fraction of sp³-hybridized carbons (Fsp3) is 0.696. The molecule has 4 unspecified atom stereocenters. The third-order valence-corrected chi connectivity index (χ3v) is 5.73. The number of ether oxygens (including phenoxy) is 1. The Morgan fingerprint density at radius 2 is 1.88 bits per heavy atom. The van der Waals surface area contributed by atoms with E-state index in [-0.39, 0.29) is 32.0 Å². The zero-order valence-corrected chi connectivity index (χ0v) is 20.7. The van der Waals surface area contributed by atoms with Crippen molar-refractivity contribution in [2.45, 2.75) is 65.6 Å². The highest BCUT2D eigenvalue weighted by molar-refractivity contribution is 6.03. The summed E-state index contributed by atoms with van der Waals surface area (Å²) in [6.45, 7) is 11.9. The average molecular weight is 483 g/mol. The molecule has 1 aliphatic rings. The molecule has 1 saturated heterocycles. The lowest BCUT2D eigenvalue weighted by Gasteiger charge is -2.28. The number of nitrogens with one attached hydrogen (secondary N) is 2. The van der Waals surface area contributed by atoms with E-state index in [4.69, 9.17) is 4.74 Å². The number of imide groups is 1. The minimum Gasteiger partial charge on any atom is -0.465 e. The summed E-state index contributed by atoms with van der Waals surface area (Å²) in [5.74, 6) is -3.21. The zero-order valence-electron chi connectivity index (χ0n) is 20.7. The summed E-state index contributed by atoms with van der Waals surface area (Å²) in [6.07, 6.45) is 0.773. The minimum atomic E-state index is -1.53. The molecule has 1 rings (SSSR count). The summed E-state index contributed by atoms with van der Waals surface area (Å²) in [4.78, 5) is 65.5. The number of aliphatic hydroxyl groups is 1. The van der Waals surface area contributed by atoms with E-state index in [0.29, 0.717) is 6.42 Å². The first-order chi connectivity index (χ1) is 16.0. The van der Waals surface area contributed by atoms with Gasteiger partial charge >= 0.3 is 12.0 Å². The van der Waals surface area contributed by atoms with Crippen molar-refractivity contribution in [1.82, 2.24) is 20.4 Å². The van der Waals surface area contributed by atoms with Crippen molar-refractivity contribution >= 4 is 29.7 Å². The predicted octanol–water partition coefficient (Wildman–Crippen LogP) is 0.422. The van der Waals surface area contributed by atoms with Crippen molar-refractivity contribution in [1.29, 1.82) is 0 Å². The van der Waals surface area contributed by atoms with E-state index >= 15 is 0 Å². The highest BCUT2D eigenvalue weighted by Crippen LogP contribution is 2.23. The van der Waals surface area contributed by atoms with Gasteiger partial charge in [-0.2, -0.15) is 0 Å². The van der Waals surface area contributed by atoms with Crippen LogP contribution in [-0.2, 0) is 23.9 Å². The first-order valence-electron chi connectivity index (χ1n) is 11.6. The molecule has 0 aliphatic carbocycles. The van der Waals surface area contributed by atoms with E-state index < -0.39 is 60.4 Å². The van der Waals surface area contributed by atoms with Gasteiger partial charge in [-0.25, -0.2) is 9.69 Å². The number of amides is 5. The largest absolute Gasteiger partial charge is 0.465 e. The fourth-order valence-electron chi connectivity index (χ4n) is 3.46. The van der Waals surface area contributed by atoms with Gasteiger partial charge in [0.25, 0.3) is 5.91 Å². The molecule has 0 spiro atoms. The number of aliphatic hydroxyl groups excluding tert-OH is 1. The maximum absolute atomic E-state index is 13.2. The summed E-state index contributed by atoms with van der Waals surface area (Å²) < 4.78 is 4.89. The Hall–Kier alpha value is -2.95. The summed E-state index contributed by atoms with van der Waals surface area (Å²) in [5.41, 5.74) is 0. The van der Waals surface area contributed by atoms with Crippen LogP contribution in [0.2, 0.25) is 0 Å². The molecule has 5 amide bonds. The number of nitrogens with zero attached hydrogens (tertiary/aromatic N) is 2. The summed E-state index contributed by atoms with van der Waals surface area (Å²) in [5, 5.41) is 15.6. The van der Waals surface area contributed by atoms with Gasteiger partial charge in [0.05, 0.1) is 19.2 Å². The quantitative estimate of drug-likeness (QED) is 0.255. The van der Waals surface area contributed by atoms with Crippen molar-refractivity contribution in [3.05, 3.63) is 12.7 Å². The smallest absolute Gasteiger partial charge is 0.328 e. The van der Waals surface area contributed by atoms with Gasteiger partial charge in [0, 0.05) is 12.5 Å². The molecule has 11 heteroatoms. The van der Waals surface area contributed by atoms with Crippen molar-refractivity contribution in [3.8, 4) is 0 Å². The first-order valence-corrected chi connectivity index (χ1v) is 11.6. The van der Waals surface area contributed by atoms with Crippen LogP contribution in [0.4, 0.5) is 4.79 Å². The van der Waals surface area contributed by atoms with Gasteiger partial charge in [0.15, 0.2) is 6.10 Å². The van der Waals surface area contributed by atoms with Crippen molar-refractivity contribution in [2.24, 2.45) is 11.8 Å². The van der Waals surface area contributed by atoms with E-state index in [1.807, 2.05) is 20.8 Å². The van der Waals surface area contributed by atoms with E-state index in [9.17, 15) is 29.1 Å². The summed E-state index contributed by atoms with van der Waals surface area (Å²) >= 11 is 0. The standard InChI is InChI=1S/C23H38N4O7/c1-7-10-16(19(29)21(31)24-11-8-2)25-20(30)17-12-26(13-18(28)34-9-3)23(33)27(17)22(32)15(6)14(4)5/h8,14-17,19,29H,2,7,9-13H2,1,3-6H3,(H,24,31)(H,25,30). The number of urea groups is 1. The molecule has 1 aliphatic heterocycles. The van der Waals surface area contributed by atoms with Crippen molar-refractivity contribution < 1.29 is 33.8 Å². The number of esters is 1. The van der Waals surface area contributed by atoms with Crippen molar-refractivity contribution in [2.75, 3.05) is 26.2 Å². The van der Waals surface area contributed by atoms with Crippen LogP contribution in [0.3, 0.4) is 0 Å². The fourth-order valence-corrected chi connectivity index (χ4v) is 3.46. The van der Waals surface area contributed by atoms with Crippen LogP contribution in [-0.4, -0.2) is 89.1 Å². The number of hydrogen-bond donors (Lipinski definition) is 3. The van der Waals surface area contributed by atoms with Gasteiger partial charge in [-0.3, -0.25) is 19.2 Å². The molecule has 34 heavy (non-hydrogen) atoms. The molecule has 0 saturated carbocycles. The maximum Gasteiger partial charge on any atom is 0.328 e. The Kier molecular flexibility index (Phi) is 11.7. The third-order valence-electron chi connectivity index (χ3n) is 5.73. The van der Waals surface area contributed by atoms with Crippen LogP contribution in [0.1, 0.15) is 47.5 Å². The van der Waals surface area contributed by atoms with E-state index in [2.05, 4.69) is 17.2 Å². The van der Waals surface area contributed by atoms with Gasteiger partial charge in [-0.05, 0) is 19.3 Å². The normalized spacial score (nSPS) is 18.3. The molecule has 11 nitrogen and oxygen atoms in total. The zero-order chi connectivity index (χ0) is 26.0. The first kappa shape index (κ1) is 29.1. The van der Waals surface area contributed by atoms with Gasteiger partial charge in [0.2, 0.25) is 11.8 Å². The number of carbonyl (C=O) groups is 5. The molecular weight excluding hydrogens is 444 g/mol. The van der Waals surface area contributed by atoms with Crippen LogP contribution in [0.15, 0.2) is 12.7 Å². The molecule has 4 atom stereocenters. The van der Waals surface area contributed by atoms with Crippen LogP contribution >= 0.6 is 0 Å². The predicted molar refractivity (Wildman–Crippen MR) is 124 cm³/mol. The van der Waals surface area contributed by atoms with E-state index in [1.54, 1.807) is 13.8 Å². The molecule has 1 heterocycles. The van der Waals surface area contributed by atoms with Gasteiger partial charge in [0.1, 0.15) is 12.6 Å². The second-order valence-electron chi connectivity index (χ2n) is 8.61. The highest BCUT2D eigenvalue weighted by Gasteiger charge is 2.47. The van der Waals surface area contributed by atoms with Gasteiger partial charge in [-0.1, -0.05) is 40.2 Å². The number of carbonyl (C=O) groups excluding carboxylic acids is 5. The topological polar surface area (TPSA) is 145 Å². The molecule has 0 aromatic heterocycles. The van der Waals surface area contributed by atoms with Crippen LogP contribution < -0.4 is 10.6 Å². The second-order valence-corrected chi connectivity index (χ2v) is 8.61. The summed E-state index contributed by atoms with van der Waals surface area (Å²) in [7, 11) is 0. The molecule has 1 fully saturated rings. The molecular formula is C23H38N4O7. The molecule has 0 aromatic rings. The van der Waals surface area contributed by atoms with Gasteiger partial charge in [-0.15, -0.1) is 6.58 Å². The van der Waals surface area contributed by atoms with Crippen LogP contribution in [0.25, 0.3) is 0 Å². The lowest BCUT2D eigenvalue weighted by Crippen LogP contribution is -2.56. The summed E-state index contributed by atoms with van der Waals surface area (Å²) in [6, 6.07) is -2.92. The molecule has 0 radical (unpaired) electrons. The average Bonchev–Trinajstić information content (AvgIpc) is 3.11. The highest BCUT2D eigenvalue weighted by atomic mass is 16.5. The van der Waals surface area contributed by atoms with Crippen LogP contribution in [0.5, 0.6) is 0 Å². The minimum absolute atomic E-state index is 0.0914. The van der Waals surface area contributed by atoms with Crippen molar-refractivity contribution in [3.63, 3.8) is 0 Å².